The van der Waals surface area contributed by atoms with E-state index in [0.29, 0.717) is 0 Å². The van der Waals surface area contributed by atoms with Crippen LogP contribution in [0, 0.1) is 11.6 Å². The van der Waals surface area contributed by atoms with Crippen molar-refractivity contribution in [1.29, 1.82) is 0 Å². The average Bonchev–Trinajstić information content (AvgIpc) is 2.08. The predicted octanol–water partition coefficient (Wildman–Crippen LogP) is 3.31. The third kappa shape index (κ3) is 3.84. The third-order valence-electron chi connectivity index (χ3n) is 1.56. The lowest BCUT2D eigenvalue weighted by atomic mass is 10.2. The second-order valence-electron chi connectivity index (χ2n) is 4.26. The molecule has 1 aromatic carbocycles. The lowest BCUT2D eigenvalue weighted by Crippen LogP contribution is -2.27. The van der Waals surface area contributed by atoms with Gasteiger partial charge in [-0.15, -0.1) is 0 Å². The van der Waals surface area contributed by atoms with Gasteiger partial charge in [0, 0.05) is 11.8 Å². The maximum Gasteiger partial charge on any atom is 0.412 e. The zero-order valence-electron chi connectivity index (χ0n) is 9.30. The minimum atomic E-state index is -1.02. The normalized spacial score (nSPS) is 11.1. The highest BCUT2D eigenvalue weighted by atomic mass is 19.2. The molecule has 88 valence electrons. The van der Waals surface area contributed by atoms with Crippen LogP contribution in [0.1, 0.15) is 20.8 Å². The van der Waals surface area contributed by atoms with Crippen molar-refractivity contribution in [1.82, 2.24) is 0 Å². The van der Waals surface area contributed by atoms with Crippen LogP contribution in [0.25, 0.3) is 0 Å². The Balaban J connectivity index is 2.67. The zero-order valence-corrected chi connectivity index (χ0v) is 9.30. The molecule has 0 aliphatic carbocycles. The molecule has 0 fully saturated rings. The van der Waals surface area contributed by atoms with Crippen LogP contribution in [-0.4, -0.2) is 11.7 Å². The molecule has 0 unspecified atom stereocenters. The summed E-state index contributed by atoms with van der Waals surface area (Å²) in [4.78, 5) is 11.3. The highest BCUT2D eigenvalue weighted by molar-refractivity contribution is 5.84. The number of amides is 1. The van der Waals surface area contributed by atoms with Crippen LogP contribution < -0.4 is 5.32 Å². The minimum absolute atomic E-state index is 0.146. The van der Waals surface area contributed by atoms with Crippen LogP contribution in [0.3, 0.4) is 0 Å². The molecule has 1 rings (SSSR count). The summed E-state index contributed by atoms with van der Waals surface area (Å²) in [6, 6.07) is 3.07. The third-order valence-corrected chi connectivity index (χ3v) is 1.56. The largest absolute Gasteiger partial charge is 0.444 e. The topological polar surface area (TPSA) is 38.3 Å². The van der Waals surface area contributed by atoms with E-state index in [1.807, 2.05) is 0 Å². The van der Waals surface area contributed by atoms with Crippen molar-refractivity contribution < 1.29 is 18.3 Å². The summed E-state index contributed by atoms with van der Waals surface area (Å²) < 4.78 is 30.3. The van der Waals surface area contributed by atoms with Gasteiger partial charge < -0.3 is 4.74 Å². The Labute approximate surface area is 92.4 Å². The minimum Gasteiger partial charge on any atom is -0.444 e. The van der Waals surface area contributed by atoms with E-state index in [9.17, 15) is 13.6 Å². The smallest absolute Gasteiger partial charge is 0.412 e. The summed E-state index contributed by atoms with van der Waals surface area (Å²) in [7, 11) is 0. The van der Waals surface area contributed by atoms with Gasteiger partial charge in [0.1, 0.15) is 5.60 Å². The molecule has 0 saturated heterocycles. The number of rotatable bonds is 1. The second-order valence-corrected chi connectivity index (χ2v) is 4.26. The van der Waals surface area contributed by atoms with Crippen molar-refractivity contribution in [3.63, 3.8) is 0 Å². The standard InChI is InChI=1S/C11H13F2NO2/c1-11(2,3)16-10(15)14-7-4-5-8(12)9(13)6-7/h4-6H,1-3H3,(H,14,15). The van der Waals surface area contributed by atoms with Crippen molar-refractivity contribution in [3.8, 4) is 0 Å². The van der Waals surface area contributed by atoms with Gasteiger partial charge in [-0.25, -0.2) is 13.6 Å². The van der Waals surface area contributed by atoms with Crippen LogP contribution in [-0.2, 0) is 4.74 Å². The fourth-order valence-electron chi connectivity index (χ4n) is 0.995. The predicted molar refractivity (Wildman–Crippen MR) is 56.2 cm³/mol. The number of anilines is 1. The molecule has 1 N–H and O–H groups in total. The molecule has 0 radical (unpaired) electrons. The molecular weight excluding hydrogens is 216 g/mol. The number of ether oxygens (including phenoxy) is 1. The molecule has 0 aliphatic heterocycles. The van der Waals surface area contributed by atoms with Crippen molar-refractivity contribution in [2.24, 2.45) is 0 Å². The summed E-state index contributed by atoms with van der Waals surface area (Å²) >= 11 is 0. The number of benzene rings is 1. The monoisotopic (exact) mass is 229 g/mol. The first-order valence-electron chi connectivity index (χ1n) is 4.73. The summed E-state index contributed by atoms with van der Waals surface area (Å²) in [6.07, 6.45) is -0.710. The molecule has 0 saturated carbocycles. The summed E-state index contributed by atoms with van der Waals surface area (Å²) in [5.74, 6) is -1.98. The summed E-state index contributed by atoms with van der Waals surface area (Å²) in [5.41, 5.74) is -0.490. The molecule has 0 bridgehead atoms. The first-order chi connectivity index (χ1) is 7.28. The van der Waals surface area contributed by atoms with Crippen LogP contribution in [0.15, 0.2) is 18.2 Å². The van der Waals surface area contributed by atoms with Gasteiger partial charge in [0.05, 0.1) is 0 Å². The van der Waals surface area contributed by atoms with E-state index in [0.717, 1.165) is 12.1 Å². The van der Waals surface area contributed by atoms with Crippen LogP contribution in [0.2, 0.25) is 0 Å². The Morgan fingerprint density at radius 1 is 1.25 bits per heavy atom. The molecule has 16 heavy (non-hydrogen) atoms. The number of halogens is 2. The molecule has 0 aromatic heterocycles. The van der Waals surface area contributed by atoms with E-state index in [-0.39, 0.29) is 5.69 Å². The Hall–Kier alpha value is -1.65. The second kappa shape index (κ2) is 4.47. The Kier molecular flexibility index (Phi) is 3.47. The van der Waals surface area contributed by atoms with Crippen LogP contribution in [0.4, 0.5) is 19.3 Å². The van der Waals surface area contributed by atoms with Gasteiger partial charge in [-0.05, 0) is 32.9 Å². The molecule has 1 aromatic rings. The first-order valence-corrected chi connectivity index (χ1v) is 4.73. The first kappa shape index (κ1) is 12.4. The van der Waals surface area contributed by atoms with Crippen molar-refractivity contribution in [2.75, 3.05) is 5.32 Å². The number of hydrogen-bond acceptors (Lipinski definition) is 2. The van der Waals surface area contributed by atoms with Gasteiger partial charge in [-0.2, -0.15) is 0 Å². The summed E-state index contributed by atoms with van der Waals surface area (Å²) in [5, 5.41) is 2.30. The van der Waals surface area contributed by atoms with Crippen molar-refractivity contribution in [2.45, 2.75) is 26.4 Å². The fourth-order valence-corrected chi connectivity index (χ4v) is 0.995. The van der Waals surface area contributed by atoms with E-state index in [1.54, 1.807) is 20.8 Å². The van der Waals surface area contributed by atoms with Gasteiger partial charge in [-0.1, -0.05) is 0 Å². The maximum absolute atomic E-state index is 12.8. The Bertz CT molecular complexity index is 399. The van der Waals surface area contributed by atoms with E-state index in [1.165, 1.54) is 6.07 Å². The molecular formula is C11H13F2NO2. The molecule has 5 heteroatoms. The lowest BCUT2D eigenvalue weighted by Gasteiger charge is -2.19. The molecule has 0 aliphatic rings. The van der Waals surface area contributed by atoms with Crippen LogP contribution in [0.5, 0.6) is 0 Å². The van der Waals surface area contributed by atoms with E-state index in [4.69, 9.17) is 4.74 Å². The summed E-state index contributed by atoms with van der Waals surface area (Å²) in [6.45, 7) is 5.12. The fraction of sp³-hybridized carbons (Fsp3) is 0.364. The average molecular weight is 229 g/mol. The molecule has 3 nitrogen and oxygen atoms in total. The van der Waals surface area contributed by atoms with Gasteiger partial charge in [0.25, 0.3) is 0 Å². The molecule has 0 spiro atoms. The quantitative estimate of drug-likeness (QED) is 0.802. The Morgan fingerprint density at radius 2 is 1.88 bits per heavy atom. The van der Waals surface area contributed by atoms with Gasteiger partial charge in [0.2, 0.25) is 0 Å². The molecule has 1 amide bonds. The van der Waals surface area contributed by atoms with Crippen LogP contribution >= 0.6 is 0 Å². The number of nitrogens with one attached hydrogen (secondary N) is 1. The number of carbonyl (C=O) groups excluding carboxylic acids is 1. The van der Waals surface area contributed by atoms with E-state index in [2.05, 4.69) is 5.32 Å². The highest BCUT2D eigenvalue weighted by Gasteiger charge is 2.16. The number of carbonyl (C=O) groups is 1. The van der Waals surface area contributed by atoms with Crippen molar-refractivity contribution in [3.05, 3.63) is 29.8 Å². The number of hydrogen-bond donors (Lipinski definition) is 1. The zero-order chi connectivity index (χ0) is 12.3. The van der Waals surface area contributed by atoms with Gasteiger partial charge >= 0.3 is 6.09 Å². The van der Waals surface area contributed by atoms with Crippen molar-refractivity contribution >= 4 is 11.8 Å². The molecule has 0 atom stereocenters. The Morgan fingerprint density at radius 3 is 2.38 bits per heavy atom. The van der Waals surface area contributed by atoms with E-state index < -0.39 is 23.3 Å². The van der Waals surface area contributed by atoms with Gasteiger partial charge in [-0.3, -0.25) is 5.32 Å². The van der Waals surface area contributed by atoms with Gasteiger partial charge in [0.15, 0.2) is 11.6 Å². The maximum atomic E-state index is 12.8. The lowest BCUT2D eigenvalue weighted by molar-refractivity contribution is 0.0636. The highest BCUT2D eigenvalue weighted by Crippen LogP contribution is 2.14. The molecule has 0 heterocycles. The SMILES string of the molecule is CC(C)(C)OC(=O)Nc1ccc(F)c(F)c1. The van der Waals surface area contributed by atoms with E-state index >= 15 is 0 Å².